The van der Waals surface area contributed by atoms with Crippen LogP contribution in [0.15, 0.2) is 48.8 Å². The highest BCUT2D eigenvalue weighted by atomic mass is 16.2. The monoisotopic (exact) mass is 281 g/mol. The lowest BCUT2D eigenvalue weighted by molar-refractivity contribution is 0.299. The number of benzene rings is 1. The van der Waals surface area contributed by atoms with E-state index in [0.717, 1.165) is 29.1 Å². The second-order valence-electron chi connectivity index (χ2n) is 5.16. The van der Waals surface area contributed by atoms with E-state index in [2.05, 4.69) is 27.7 Å². The smallest absolute Gasteiger partial charge is 0.139 e. The maximum atomic E-state index is 8.92. The van der Waals surface area contributed by atoms with Gasteiger partial charge in [0.1, 0.15) is 5.65 Å². The van der Waals surface area contributed by atoms with Gasteiger partial charge in [-0.25, -0.2) is 4.98 Å². The van der Waals surface area contributed by atoms with Crippen LogP contribution in [0.5, 0.6) is 0 Å². The molecule has 1 aromatic carbocycles. The summed E-state index contributed by atoms with van der Waals surface area (Å²) in [6, 6.07) is 12.3. The van der Waals surface area contributed by atoms with Gasteiger partial charge in [-0.05, 0) is 42.7 Å². The number of hydrogen-bond acceptors (Lipinski definition) is 3. The molecule has 0 radical (unpaired) electrons. The molecule has 0 aliphatic rings. The number of rotatable bonds is 5. The predicted octanol–water partition coefficient (Wildman–Crippen LogP) is 2.79. The standard InChI is InChI=1S/C17H19N3O/c1-13-3-2-9-20-16(12-19-17(13)20)11-18-15-6-4-14(5-7-15)8-10-21/h2-7,9,12,18,21H,8,10-11H2,1H3. The van der Waals surface area contributed by atoms with E-state index < -0.39 is 0 Å². The van der Waals surface area contributed by atoms with Gasteiger partial charge in [-0.2, -0.15) is 0 Å². The summed E-state index contributed by atoms with van der Waals surface area (Å²) in [6.07, 6.45) is 4.65. The van der Waals surface area contributed by atoms with Gasteiger partial charge in [0.15, 0.2) is 0 Å². The third-order valence-corrected chi connectivity index (χ3v) is 3.64. The lowest BCUT2D eigenvalue weighted by Crippen LogP contribution is -2.03. The molecule has 4 heteroatoms. The number of imidazole rings is 1. The molecule has 0 saturated carbocycles. The molecule has 0 aliphatic heterocycles. The van der Waals surface area contributed by atoms with Crippen LogP contribution >= 0.6 is 0 Å². The molecule has 4 nitrogen and oxygen atoms in total. The third kappa shape index (κ3) is 2.90. The number of nitrogens with zero attached hydrogens (tertiary/aromatic N) is 2. The zero-order valence-electron chi connectivity index (χ0n) is 12.1. The molecule has 108 valence electrons. The number of aliphatic hydroxyl groups is 1. The normalized spacial score (nSPS) is 11.0. The van der Waals surface area contributed by atoms with E-state index >= 15 is 0 Å². The minimum absolute atomic E-state index is 0.188. The molecule has 0 aliphatic carbocycles. The maximum Gasteiger partial charge on any atom is 0.139 e. The van der Waals surface area contributed by atoms with Crippen LogP contribution in [0.1, 0.15) is 16.8 Å². The third-order valence-electron chi connectivity index (χ3n) is 3.64. The quantitative estimate of drug-likeness (QED) is 0.756. The summed E-state index contributed by atoms with van der Waals surface area (Å²) < 4.78 is 2.11. The van der Waals surface area contributed by atoms with Crippen molar-refractivity contribution >= 4 is 11.3 Å². The molecule has 0 saturated heterocycles. The molecular formula is C17H19N3O. The summed E-state index contributed by atoms with van der Waals surface area (Å²) in [4.78, 5) is 4.46. The van der Waals surface area contributed by atoms with Crippen molar-refractivity contribution in [2.75, 3.05) is 11.9 Å². The number of anilines is 1. The fraction of sp³-hybridized carbons (Fsp3) is 0.235. The Balaban J connectivity index is 1.73. The van der Waals surface area contributed by atoms with Crippen molar-refractivity contribution in [1.82, 2.24) is 9.38 Å². The van der Waals surface area contributed by atoms with E-state index in [0.29, 0.717) is 6.42 Å². The zero-order valence-corrected chi connectivity index (χ0v) is 12.1. The summed E-state index contributed by atoms with van der Waals surface area (Å²) in [7, 11) is 0. The Hall–Kier alpha value is -2.33. The first-order chi connectivity index (χ1) is 10.3. The number of pyridine rings is 1. The first-order valence-electron chi connectivity index (χ1n) is 7.13. The fourth-order valence-corrected chi connectivity index (χ4v) is 2.44. The summed E-state index contributed by atoms with van der Waals surface area (Å²) in [5, 5.41) is 12.3. The van der Waals surface area contributed by atoms with Gasteiger partial charge in [-0.3, -0.25) is 0 Å². The molecule has 0 unspecified atom stereocenters. The lowest BCUT2D eigenvalue weighted by atomic mass is 10.1. The van der Waals surface area contributed by atoms with Crippen LogP contribution < -0.4 is 5.32 Å². The summed E-state index contributed by atoms with van der Waals surface area (Å²) in [5.41, 5.74) is 5.53. The number of fused-ring (bicyclic) bond motifs is 1. The predicted molar refractivity (Wildman–Crippen MR) is 84.5 cm³/mol. The van der Waals surface area contributed by atoms with E-state index in [1.165, 1.54) is 5.56 Å². The Kier molecular flexibility index (Phi) is 3.88. The number of hydrogen-bond donors (Lipinski definition) is 2. The first kappa shape index (κ1) is 13.6. The molecule has 0 bridgehead atoms. The van der Waals surface area contributed by atoms with Crippen molar-refractivity contribution in [1.29, 1.82) is 0 Å². The second kappa shape index (κ2) is 5.97. The van der Waals surface area contributed by atoms with E-state index in [9.17, 15) is 0 Å². The van der Waals surface area contributed by atoms with Gasteiger partial charge in [0.25, 0.3) is 0 Å². The van der Waals surface area contributed by atoms with Gasteiger partial charge in [0, 0.05) is 18.5 Å². The Bertz CT molecular complexity index is 731. The number of aliphatic hydroxyl groups excluding tert-OH is 1. The van der Waals surface area contributed by atoms with Crippen molar-refractivity contribution < 1.29 is 5.11 Å². The molecule has 0 atom stereocenters. The number of nitrogens with one attached hydrogen (secondary N) is 1. The van der Waals surface area contributed by atoms with E-state index in [1.807, 2.05) is 42.7 Å². The summed E-state index contributed by atoms with van der Waals surface area (Å²) in [6.45, 7) is 2.98. The van der Waals surface area contributed by atoms with E-state index in [1.54, 1.807) is 0 Å². The van der Waals surface area contributed by atoms with Crippen molar-refractivity contribution in [2.24, 2.45) is 0 Å². The highest BCUT2D eigenvalue weighted by Crippen LogP contribution is 2.14. The van der Waals surface area contributed by atoms with Crippen molar-refractivity contribution in [3.8, 4) is 0 Å². The van der Waals surface area contributed by atoms with Gasteiger partial charge < -0.3 is 14.8 Å². The van der Waals surface area contributed by atoms with Gasteiger partial charge in [-0.15, -0.1) is 0 Å². The van der Waals surface area contributed by atoms with Crippen LogP contribution in [-0.4, -0.2) is 21.1 Å². The summed E-state index contributed by atoms with van der Waals surface area (Å²) in [5.74, 6) is 0. The van der Waals surface area contributed by atoms with Crippen LogP contribution in [-0.2, 0) is 13.0 Å². The lowest BCUT2D eigenvalue weighted by Gasteiger charge is -2.07. The first-order valence-corrected chi connectivity index (χ1v) is 7.13. The Morgan fingerprint density at radius 2 is 2.00 bits per heavy atom. The van der Waals surface area contributed by atoms with Crippen LogP contribution in [0.2, 0.25) is 0 Å². The highest BCUT2D eigenvalue weighted by Gasteiger charge is 2.04. The molecule has 2 heterocycles. The zero-order chi connectivity index (χ0) is 14.7. The van der Waals surface area contributed by atoms with Crippen molar-refractivity contribution in [3.05, 3.63) is 65.6 Å². The molecule has 0 fully saturated rings. The SMILES string of the molecule is Cc1cccn2c(CNc3ccc(CCO)cc3)cnc12. The number of aromatic nitrogens is 2. The Morgan fingerprint density at radius 3 is 2.76 bits per heavy atom. The van der Waals surface area contributed by atoms with Crippen LogP contribution in [0.25, 0.3) is 5.65 Å². The minimum atomic E-state index is 0.188. The Labute approximate surface area is 124 Å². The molecule has 2 N–H and O–H groups in total. The largest absolute Gasteiger partial charge is 0.396 e. The fourth-order valence-electron chi connectivity index (χ4n) is 2.44. The molecule has 21 heavy (non-hydrogen) atoms. The molecule has 3 aromatic rings. The van der Waals surface area contributed by atoms with Gasteiger partial charge >= 0.3 is 0 Å². The van der Waals surface area contributed by atoms with Gasteiger partial charge in [0.05, 0.1) is 18.4 Å². The second-order valence-corrected chi connectivity index (χ2v) is 5.16. The van der Waals surface area contributed by atoms with E-state index in [-0.39, 0.29) is 6.61 Å². The molecular weight excluding hydrogens is 262 g/mol. The van der Waals surface area contributed by atoms with Crippen molar-refractivity contribution in [2.45, 2.75) is 19.9 Å². The van der Waals surface area contributed by atoms with Crippen molar-refractivity contribution in [3.63, 3.8) is 0 Å². The van der Waals surface area contributed by atoms with Crippen LogP contribution in [0.4, 0.5) is 5.69 Å². The topological polar surface area (TPSA) is 49.6 Å². The number of aryl methyl sites for hydroxylation is 1. The average molecular weight is 281 g/mol. The Morgan fingerprint density at radius 1 is 1.19 bits per heavy atom. The molecule has 0 amide bonds. The highest BCUT2D eigenvalue weighted by molar-refractivity contribution is 5.49. The molecule has 3 rings (SSSR count). The van der Waals surface area contributed by atoms with Gasteiger partial charge in [-0.1, -0.05) is 18.2 Å². The maximum absolute atomic E-state index is 8.92. The minimum Gasteiger partial charge on any atom is -0.396 e. The van der Waals surface area contributed by atoms with Crippen LogP contribution in [0.3, 0.4) is 0 Å². The molecule has 2 aromatic heterocycles. The van der Waals surface area contributed by atoms with Crippen LogP contribution in [0, 0.1) is 6.92 Å². The van der Waals surface area contributed by atoms with Gasteiger partial charge in [0.2, 0.25) is 0 Å². The molecule has 0 spiro atoms. The van der Waals surface area contributed by atoms with E-state index in [4.69, 9.17) is 5.11 Å². The average Bonchev–Trinajstić information content (AvgIpc) is 2.92. The summed E-state index contributed by atoms with van der Waals surface area (Å²) >= 11 is 0.